The van der Waals surface area contributed by atoms with Crippen LogP contribution in [0.3, 0.4) is 0 Å². The molecule has 0 spiro atoms. The summed E-state index contributed by atoms with van der Waals surface area (Å²) in [5, 5.41) is 0.444. The lowest BCUT2D eigenvalue weighted by Crippen LogP contribution is -2.15. The minimum absolute atomic E-state index is 0.218. The number of nitrogens with zero attached hydrogens (tertiary/aromatic N) is 1. The fraction of sp³-hybridized carbons (Fsp3) is 0.357. The van der Waals surface area contributed by atoms with E-state index in [1.54, 1.807) is 13.0 Å². The zero-order valence-corrected chi connectivity index (χ0v) is 13.6. The Morgan fingerprint density at radius 3 is 2.76 bits per heavy atom. The van der Waals surface area contributed by atoms with Gasteiger partial charge in [-0.3, -0.25) is 4.72 Å². The van der Waals surface area contributed by atoms with Crippen molar-refractivity contribution in [3.05, 3.63) is 33.8 Å². The van der Waals surface area contributed by atoms with Gasteiger partial charge in [0.05, 0.1) is 10.6 Å². The van der Waals surface area contributed by atoms with Gasteiger partial charge in [0.2, 0.25) is 0 Å². The third-order valence-electron chi connectivity index (χ3n) is 3.75. The molecule has 0 saturated heterocycles. The van der Waals surface area contributed by atoms with Gasteiger partial charge in [-0.15, -0.1) is 11.3 Å². The Morgan fingerprint density at radius 2 is 2.05 bits per heavy atom. The van der Waals surface area contributed by atoms with Crippen molar-refractivity contribution in [3.8, 4) is 0 Å². The van der Waals surface area contributed by atoms with Gasteiger partial charge in [-0.25, -0.2) is 13.4 Å². The normalized spacial score (nSPS) is 14.2. The first-order valence-corrected chi connectivity index (χ1v) is 9.05. The number of fused-ring (bicyclic) bond motifs is 1. The maximum atomic E-state index is 12.6. The molecule has 0 atom stereocenters. The van der Waals surface area contributed by atoms with Crippen LogP contribution >= 0.6 is 11.3 Å². The van der Waals surface area contributed by atoms with E-state index in [0.717, 1.165) is 30.5 Å². The number of thiazole rings is 1. The van der Waals surface area contributed by atoms with Crippen LogP contribution in [0.5, 0.6) is 0 Å². The third kappa shape index (κ3) is 2.63. The predicted octanol–water partition coefficient (Wildman–Crippen LogP) is 2.63. The van der Waals surface area contributed by atoms with Gasteiger partial charge in [-0.05, 0) is 56.4 Å². The number of nitrogens with one attached hydrogen (secondary N) is 1. The van der Waals surface area contributed by atoms with E-state index >= 15 is 0 Å². The Morgan fingerprint density at radius 1 is 1.29 bits per heavy atom. The molecule has 0 saturated carbocycles. The lowest BCUT2D eigenvalue weighted by molar-refractivity contribution is 0.600. The highest BCUT2D eigenvalue weighted by molar-refractivity contribution is 7.93. The SMILES string of the molecule is Cc1cc(N)cc(S(=O)(=O)Nc2nc3c(s2)CCC3)c1C. The van der Waals surface area contributed by atoms with Crippen LogP contribution in [0.25, 0.3) is 0 Å². The number of nitrogens with two attached hydrogens (primary N) is 1. The van der Waals surface area contributed by atoms with Gasteiger partial charge >= 0.3 is 0 Å². The van der Waals surface area contributed by atoms with Crippen molar-refractivity contribution < 1.29 is 8.42 Å². The van der Waals surface area contributed by atoms with Crippen LogP contribution in [0.1, 0.15) is 28.1 Å². The smallest absolute Gasteiger partial charge is 0.264 e. The first-order valence-electron chi connectivity index (χ1n) is 6.75. The number of benzene rings is 1. The first-order chi connectivity index (χ1) is 9.87. The predicted molar refractivity (Wildman–Crippen MR) is 85.3 cm³/mol. The van der Waals surface area contributed by atoms with Gasteiger partial charge in [0, 0.05) is 10.6 Å². The van der Waals surface area contributed by atoms with Crippen molar-refractivity contribution in [1.82, 2.24) is 4.98 Å². The van der Waals surface area contributed by atoms with E-state index in [-0.39, 0.29) is 4.90 Å². The number of aryl methyl sites for hydroxylation is 3. The molecule has 21 heavy (non-hydrogen) atoms. The summed E-state index contributed by atoms with van der Waals surface area (Å²) in [5.74, 6) is 0. The fourth-order valence-corrected chi connectivity index (χ4v) is 5.17. The van der Waals surface area contributed by atoms with Crippen molar-refractivity contribution in [2.24, 2.45) is 0 Å². The Balaban J connectivity index is 1.97. The van der Waals surface area contributed by atoms with Gasteiger partial charge in [-0.2, -0.15) is 0 Å². The molecule has 0 radical (unpaired) electrons. The zero-order valence-electron chi connectivity index (χ0n) is 11.9. The second kappa shape index (κ2) is 4.99. The van der Waals surface area contributed by atoms with E-state index in [4.69, 9.17) is 5.73 Å². The van der Waals surface area contributed by atoms with Gasteiger partial charge in [0.25, 0.3) is 10.0 Å². The maximum absolute atomic E-state index is 12.6. The summed E-state index contributed by atoms with van der Waals surface area (Å²) < 4.78 is 27.7. The molecule has 0 bridgehead atoms. The number of rotatable bonds is 3. The molecule has 1 aromatic carbocycles. The van der Waals surface area contributed by atoms with E-state index in [1.165, 1.54) is 22.3 Å². The van der Waals surface area contributed by atoms with Crippen LogP contribution in [0.2, 0.25) is 0 Å². The molecule has 0 fully saturated rings. The van der Waals surface area contributed by atoms with E-state index in [2.05, 4.69) is 9.71 Å². The van der Waals surface area contributed by atoms with E-state index in [0.29, 0.717) is 16.4 Å². The molecule has 5 nitrogen and oxygen atoms in total. The van der Waals surface area contributed by atoms with Crippen LogP contribution in [0.15, 0.2) is 17.0 Å². The Kier molecular flexibility index (Phi) is 3.41. The van der Waals surface area contributed by atoms with Crippen LogP contribution < -0.4 is 10.5 Å². The zero-order chi connectivity index (χ0) is 15.2. The maximum Gasteiger partial charge on any atom is 0.264 e. The van der Waals surface area contributed by atoms with E-state index in [1.807, 2.05) is 6.92 Å². The molecule has 1 aromatic heterocycles. The van der Waals surface area contributed by atoms with Crippen LogP contribution in [0.4, 0.5) is 10.8 Å². The fourth-order valence-electron chi connectivity index (χ4n) is 2.54. The minimum Gasteiger partial charge on any atom is -0.399 e. The molecule has 3 rings (SSSR count). The van der Waals surface area contributed by atoms with Gasteiger partial charge in [-0.1, -0.05) is 0 Å². The summed E-state index contributed by atoms with van der Waals surface area (Å²) in [4.78, 5) is 5.78. The quantitative estimate of drug-likeness (QED) is 0.850. The number of aromatic nitrogens is 1. The van der Waals surface area contributed by atoms with Crippen LogP contribution in [0, 0.1) is 13.8 Å². The summed E-state index contributed by atoms with van der Waals surface area (Å²) in [5.41, 5.74) is 8.81. The molecule has 2 aromatic rings. The van der Waals surface area contributed by atoms with Gasteiger partial charge in [0.15, 0.2) is 5.13 Å². The molecule has 0 amide bonds. The summed E-state index contributed by atoms with van der Waals surface area (Å²) in [6, 6.07) is 3.26. The van der Waals surface area contributed by atoms with E-state index < -0.39 is 10.0 Å². The number of nitrogen functional groups attached to an aromatic ring is 1. The lowest BCUT2D eigenvalue weighted by Gasteiger charge is -2.11. The van der Waals surface area contributed by atoms with Crippen molar-refractivity contribution >= 4 is 32.2 Å². The molecule has 7 heteroatoms. The van der Waals surface area contributed by atoms with E-state index in [9.17, 15) is 8.42 Å². The summed E-state index contributed by atoms with van der Waals surface area (Å²) >= 11 is 1.43. The van der Waals surface area contributed by atoms with Crippen molar-refractivity contribution in [2.45, 2.75) is 38.0 Å². The number of anilines is 2. The molecule has 0 unspecified atom stereocenters. The number of hydrogen-bond donors (Lipinski definition) is 2. The molecule has 1 aliphatic carbocycles. The summed E-state index contributed by atoms with van der Waals surface area (Å²) in [6.07, 6.45) is 3.03. The standard InChI is InChI=1S/C14H17N3O2S2/c1-8-6-10(15)7-13(9(8)2)21(18,19)17-14-16-11-4-3-5-12(11)20-14/h6-7H,3-5,15H2,1-2H3,(H,16,17). The van der Waals surface area contributed by atoms with Crippen molar-refractivity contribution in [3.63, 3.8) is 0 Å². The first kappa shape index (κ1) is 14.3. The number of sulfonamides is 1. The molecule has 0 aliphatic heterocycles. The molecule has 3 N–H and O–H groups in total. The minimum atomic E-state index is -3.66. The van der Waals surface area contributed by atoms with Crippen molar-refractivity contribution in [2.75, 3.05) is 10.5 Å². The van der Waals surface area contributed by atoms with Crippen molar-refractivity contribution in [1.29, 1.82) is 0 Å². The average Bonchev–Trinajstić information content (AvgIpc) is 2.93. The Labute approximate surface area is 128 Å². The molecule has 112 valence electrons. The molecular weight excluding hydrogens is 306 g/mol. The molecule has 1 aliphatic rings. The highest BCUT2D eigenvalue weighted by Crippen LogP contribution is 2.32. The largest absolute Gasteiger partial charge is 0.399 e. The van der Waals surface area contributed by atoms with Crippen LogP contribution in [-0.2, 0) is 22.9 Å². The second-order valence-electron chi connectivity index (χ2n) is 5.31. The van der Waals surface area contributed by atoms with Gasteiger partial charge in [0.1, 0.15) is 0 Å². The molecule has 1 heterocycles. The Hall–Kier alpha value is -1.60. The number of hydrogen-bond acceptors (Lipinski definition) is 5. The third-order valence-corrected chi connectivity index (χ3v) is 6.42. The van der Waals surface area contributed by atoms with Crippen LogP contribution in [-0.4, -0.2) is 13.4 Å². The topological polar surface area (TPSA) is 85.1 Å². The monoisotopic (exact) mass is 323 g/mol. The second-order valence-corrected chi connectivity index (χ2v) is 8.04. The lowest BCUT2D eigenvalue weighted by atomic mass is 10.1. The summed E-state index contributed by atoms with van der Waals surface area (Å²) in [6.45, 7) is 3.63. The highest BCUT2D eigenvalue weighted by atomic mass is 32.2. The average molecular weight is 323 g/mol. The molecular formula is C14H17N3O2S2. The summed E-state index contributed by atoms with van der Waals surface area (Å²) in [7, 11) is -3.66. The highest BCUT2D eigenvalue weighted by Gasteiger charge is 2.23. The van der Waals surface area contributed by atoms with Gasteiger partial charge < -0.3 is 5.73 Å². The Bertz CT molecular complexity index is 788.